The van der Waals surface area contributed by atoms with Crippen molar-refractivity contribution in [2.45, 2.75) is 178 Å². The van der Waals surface area contributed by atoms with Crippen molar-refractivity contribution in [1.29, 1.82) is 0 Å². The van der Waals surface area contributed by atoms with Gasteiger partial charge in [-0.15, -0.1) is 90.7 Å². The second-order valence-corrected chi connectivity index (χ2v) is 40.0. The van der Waals surface area contributed by atoms with Crippen LogP contribution in [0.5, 0.6) is 0 Å². The Kier molecular flexibility index (Phi) is 36.7. The van der Waals surface area contributed by atoms with Crippen LogP contribution in [0.4, 0.5) is 30.7 Å². The lowest BCUT2D eigenvalue weighted by Crippen LogP contribution is -2.16. The van der Waals surface area contributed by atoms with Crippen LogP contribution in [0.25, 0.3) is 84.6 Å². The van der Waals surface area contributed by atoms with E-state index in [1.165, 1.54) is 89.4 Å². The predicted molar refractivity (Wildman–Crippen MR) is 499 cm³/mol. The fourth-order valence-corrected chi connectivity index (χ4v) is 18.1. The third kappa shape index (κ3) is 30.0. The third-order valence-corrected chi connectivity index (χ3v) is 29.0. The van der Waals surface area contributed by atoms with Gasteiger partial charge in [-0.25, -0.2) is 57.4 Å². The molecular weight excluding hydrogens is 1730 g/mol. The summed E-state index contributed by atoms with van der Waals surface area (Å²) in [4.78, 5) is 74.9. The molecule has 0 aliphatic carbocycles. The summed E-state index contributed by atoms with van der Waals surface area (Å²) in [6.07, 6.45) is 36.8. The highest BCUT2D eigenvalue weighted by atomic mass is 32.1. The summed E-state index contributed by atoms with van der Waals surface area (Å²) >= 11 is 12.7. The highest BCUT2D eigenvalue weighted by Gasteiger charge is 2.38. The van der Waals surface area contributed by atoms with Gasteiger partial charge in [-0.3, -0.25) is 39.9 Å². The van der Waals surface area contributed by atoms with E-state index in [0.29, 0.717) is 40.5 Å². The second-order valence-electron chi connectivity index (χ2n) is 31.6. The molecule has 0 N–H and O–H groups in total. The van der Waals surface area contributed by atoms with Gasteiger partial charge in [0, 0.05) is 207 Å². The van der Waals surface area contributed by atoms with Crippen LogP contribution in [-0.4, -0.2) is 85.9 Å². The highest BCUT2D eigenvalue weighted by molar-refractivity contribution is 7.17. The topological polar surface area (TPSA) is 206 Å². The quantitative estimate of drug-likeness (QED) is 0.0825. The average Bonchev–Trinajstić information content (AvgIpc) is 1.69. The molecule has 3 atom stereocenters. The zero-order valence-corrected chi connectivity index (χ0v) is 78.6. The van der Waals surface area contributed by atoms with E-state index in [1.807, 2.05) is 92.3 Å². The number of hydrogen-bond donors (Lipinski definition) is 0. The lowest BCUT2D eigenvalue weighted by molar-refractivity contribution is -0.145. The maximum Gasteiger partial charge on any atom is 0.396 e. The standard InChI is InChI=1S/C13H15FN2S.C13H16N2S.C12H13FN2S.C12H14N2S.C11H9F3N2S.C11H11FN2S.C11H12N2S.C10H9FN2S/c1-8(2)9(3)12-7-16-13(17-12)10-4-11(14)6-15-5-10;1-9(2)10(3)12-8-15-13(16-12)11-5-4-6-14-7-11;1-12(2,3)10-7-15-11(16-10)8-4-9(13)6-14-5-8;1-12(2,3)10-8-14-11(15-10)9-5-4-6-13-7-9;1-7(11(12,13)14)9-6-16-10(17-9)8-3-2-4-15-5-8;1-7(2)10-6-14-11(15-10)8-3-9(12)5-13-4-8;1-8(2)10-7-13-11(14-10)9-4-3-5-12-6-9;1-2-9-6-13-10(14-9)7-3-8(11)5-12-4-7/h4-9H,1-3H3;4-10H,1-3H3;4-7H,1-3H3;4-8H,1-3H3;2-7H,1H3;3-7H,1-2H3;3-8H,1-2H3;3-6H,2H2,1H3. The molecular formula is C93H99F7N16S8. The molecule has 0 aliphatic rings. The largest absolute Gasteiger partial charge is 0.396 e. The number of aromatic nitrogens is 16. The Morgan fingerprint density at radius 1 is 0.282 bits per heavy atom. The molecule has 0 aliphatic heterocycles. The SMILES string of the molecule is CC(C)(C)c1cnc(-c2cccnc2)s1.CC(C)(C)c1cnc(-c2cncc(F)c2)s1.CC(C)C(C)c1cnc(-c2cccnc2)s1.CC(C)C(C)c1cnc(-c2cncc(F)c2)s1.CC(C)c1cnc(-c2cccnc2)s1.CC(C)c1cnc(-c2cncc(F)c2)s1.CC(c1cnc(-c2cccnc2)s1)C(F)(F)F.CCc1cnc(-c2cncc(F)c2)s1. The fourth-order valence-electron chi connectivity index (χ4n) is 10.3. The lowest BCUT2D eigenvalue weighted by Gasteiger charge is -2.14. The van der Waals surface area contributed by atoms with Gasteiger partial charge in [-0.05, 0) is 132 Å². The molecule has 648 valence electrons. The van der Waals surface area contributed by atoms with Crippen molar-refractivity contribution in [3.05, 3.63) is 284 Å². The summed E-state index contributed by atoms with van der Waals surface area (Å²) < 4.78 is 89.4. The fraction of sp³-hybridized carbons (Fsp3) is 0.312. The van der Waals surface area contributed by atoms with E-state index in [2.05, 4.69) is 204 Å². The number of aryl methyl sites for hydroxylation is 1. The zero-order chi connectivity index (χ0) is 89.8. The van der Waals surface area contributed by atoms with Gasteiger partial charge in [-0.2, -0.15) is 13.2 Å². The summed E-state index contributed by atoms with van der Waals surface area (Å²) in [7, 11) is 0. The van der Waals surface area contributed by atoms with Crippen molar-refractivity contribution in [3.8, 4) is 84.6 Å². The van der Waals surface area contributed by atoms with Crippen LogP contribution in [0.3, 0.4) is 0 Å². The van der Waals surface area contributed by atoms with Crippen molar-refractivity contribution < 1.29 is 30.7 Å². The maximum atomic E-state index is 13.1. The van der Waals surface area contributed by atoms with Gasteiger partial charge in [0.2, 0.25) is 0 Å². The Balaban J connectivity index is 0.000000161. The van der Waals surface area contributed by atoms with E-state index in [1.54, 1.807) is 147 Å². The Hall–Kier alpha value is -10.3. The zero-order valence-electron chi connectivity index (χ0n) is 72.1. The Bertz CT molecular complexity index is 5830. The first kappa shape index (κ1) is 97.6. The summed E-state index contributed by atoms with van der Waals surface area (Å²) in [5.74, 6) is 0.508. The van der Waals surface area contributed by atoms with Crippen molar-refractivity contribution in [1.82, 2.24) is 79.7 Å². The van der Waals surface area contributed by atoms with Crippen LogP contribution < -0.4 is 0 Å². The molecule has 31 heteroatoms. The smallest absolute Gasteiger partial charge is 0.264 e. The minimum Gasteiger partial charge on any atom is -0.264 e. The molecule has 0 aromatic carbocycles. The van der Waals surface area contributed by atoms with Crippen LogP contribution >= 0.6 is 90.7 Å². The molecule has 16 heterocycles. The highest BCUT2D eigenvalue weighted by Crippen LogP contribution is 2.41. The number of nitrogens with zero attached hydrogens (tertiary/aromatic N) is 16. The van der Waals surface area contributed by atoms with E-state index in [0.717, 1.165) is 104 Å². The summed E-state index contributed by atoms with van der Waals surface area (Å²) in [5.41, 5.74) is 7.27. The van der Waals surface area contributed by atoms with E-state index < -0.39 is 12.1 Å². The molecule has 16 aromatic heterocycles. The molecule has 0 radical (unpaired) electrons. The van der Waals surface area contributed by atoms with Crippen molar-refractivity contribution in [2.24, 2.45) is 11.8 Å². The molecule has 0 bridgehead atoms. The van der Waals surface area contributed by atoms with Crippen LogP contribution in [0, 0.1) is 35.1 Å². The predicted octanol–water partition coefficient (Wildman–Crippen LogP) is 28.8. The maximum absolute atomic E-state index is 13.1. The molecule has 0 spiro atoms. The number of halogens is 7. The van der Waals surface area contributed by atoms with Crippen molar-refractivity contribution in [2.75, 3.05) is 0 Å². The number of rotatable bonds is 16. The van der Waals surface area contributed by atoms with Crippen LogP contribution in [-0.2, 0) is 17.3 Å². The Morgan fingerprint density at radius 3 is 0.782 bits per heavy atom. The Labute approximate surface area is 753 Å². The minimum absolute atomic E-state index is 0.0800. The van der Waals surface area contributed by atoms with E-state index in [-0.39, 0.29) is 39.0 Å². The number of pyridine rings is 8. The van der Waals surface area contributed by atoms with E-state index >= 15 is 0 Å². The minimum atomic E-state index is -4.22. The summed E-state index contributed by atoms with van der Waals surface area (Å²) in [6, 6.07) is 21.3. The van der Waals surface area contributed by atoms with Crippen LogP contribution in [0.2, 0.25) is 0 Å². The monoisotopic (exact) mass is 1830 g/mol. The van der Waals surface area contributed by atoms with Gasteiger partial charge in [0.15, 0.2) is 0 Å². The van der Waals surface area contributed by atoms with Gasteiger partial charge in [0.1, 0.15) is 63.3 Å². The number of hydrogen-bond acceptors (Lipinski definition) is 24. The van der Waals surface area contributed by atoms with Crippen molar-refractivity contribution in [3.63, 3.8) is 0 Å². The van der Waals surface area contributed by atoms with E-state index in [9.17, 15) is 30.7 Å². The molecule has 0 fully saturated rings. The molecule has 0 saturated carbocycles. The molecule has 0 saturated heterocycles. The van der Waals surface area contributed by atoms with Gasteiger partial charge in [0.05, 0.1) is 30.7 Å². The number of thiazole rings is 8. The first-order valence-electron chi connectivity index (χ1n) is 39.8. The van der Waals surface area contributed by atoms with Crippen LogP contribution in [0.1, 0.15) is 193 Å². The van der Waals surface area contributed by atoms with Gasteiger partial charge >= 0.3 is 6.18 Å². The van der Waals surface area contributed by atoms with Gasteiger partial charge in [0.25, 0.3) is 0 Å². The molecule has 16 nitrogen and oxygen atoms in total. The van der Waals surface area contributed by atoms with E-state index in [4.69, 9.17) is 0 Å². The van der Waals surface area contributed by atoms with Crippen LogP contribution in [0.15, 0.2) is 222 Å². The first-order valence-corrected chi connectivity index (χ1v) is 46.3. The molecule has 0 amide bonds. The molecule has 16 rings (SSSR count). The summed E-state index contributed by atoms with van der Waals surface area (Å²) in [5, 5.41) is 7.03. The second kappa shape index (κ2) is 46.6. The van der Waals surface area contributed by atoms with Crippen molar-refractivity contribution >= 4 is 90.7 Å². The summed E-state index contributed by atoms with van der Waals surface area (Å²) in [6.45, 7) is 38.1. The number of alkyl halides is 3. The normalized spacial score (nSPS) is 12.0. The molecule has 3 unspecified atom stereocenters. The Morgan fingerprint density at radius 2 is 0.532 bits per heavy atom. The third-order valence-electron chi connectivity index (χ3n) is 18.4. The molecule has 16 aromatic rings. The average molecular weight is 1830 g/mol. The first-order chi connectivity index (χ1) is 59.0. The molecule has 124 heavy (non-hydrogen) atoms. The lowest BCUT2D eigenvalue weighted by atomic mass is 9.96. The van der Waals surface area contributed by atoms with Gasteiger partial charge in [-0.1, -0.05) is 118 Å². The van der Waals surface area contributed by atoms with Gasteiger partial charge < -0.3 is 0 Å².